The summed E-state index contributed by atoms with van der Waals surface area (Å²) in [6.45, 7) is 0. The number of ether oxygens (including phenoxy) is 1. The van der Waals surface area contributed by atoms with E-state index in [9.17, 15) is 4.79 Å². The minimum absolute atomic E-state index is 0.246. The van der Waals surface area contributed by atoms with E-state index in [4.69, 9.17) is 9.26 Å². The number of aromatic nitrogens is 3. The predicted octanol–water partition coefficient (Wildman–Crippen LogP) is 4.06. The fourth-order valence-electron chi connectivity index (χ4n) is 2.67. The molecule has 0 fully saturated rings. The molecule has 0 radical (unpaired) electrons. The summed E-state index contributed by atoms with van der Waals surface area (Å²) >= 11 is 0. The van der Waals surface area contributed by atoms with Crippen LogP contribution in [0.4, 0.5) is 5.69 Å². The van der Waals surface area contributed by atoms with Gasteiger partial charge < -0.3 is 14.6 Å². The standard InChI is InChI=1S/C21H16N4O3/c1-27-16-8-6-14(7-9-16)19-24-21(28-25-19)17-4-2-3-5-18(17)23-20(26)15-10-12-22-13-11-15/h2-13H,1H3,(H,23,26). The summed E-state index contributed by atoms with van der Waals surface area (Å²) in [6, 6.07) is 17.9. The van der Waals surface area contributed by atoms with Gasteiger partial charge in [0, 0.05) is 23.5 Å². The molecule has 2 heterocycles. The molecule has 0 aliphatic rings. The van der Waals surface area contributed by atoms with Gasteiger partial charge in [0.15, 0.2) is 0 Å². The van der Waals surface area contributed by atoms with Gasteiger partial charge in [-0.2, -0.15) is 4.98 Å². The van der Waals surface area contributed by atoms with Gasteiger partial charge in [0.25, 0.3) is 11.8 Å². The lowest BCUT2D eigenvalue weighted by Crippen LogP contribution is -2.12. The number of hydrogen-bond acceptors (Lipinski definition) is 6. The molecule has 0 aliphatic heterocycles. The number of para-hydroxylation sites is 1. The summed E-state index contributed by atoms with van der Waals surface area (Å²) < 4.78 is 10.6. The minimum Gasteiger partial charge on any atom is -0.497 e. The van der Waals surface area contributed by atoms with Gasteiger partial charge in [-0.25, -0.2) is 0 Å². The van der Waals surface area contributed by atoms with E-state index in [2.05, 4.69) is 20.4 Å². The Hall–Kier alpha value is -4.00. The predicted molar refractivity (Wildman–Crippen MR) is 104 cm³/mol. The lowest BCUT2D eigenvalue weighted by atomic mass is 10.1. The van der Waals surface area contributed by atoms with E-state index in [1.54, 1.807) is 37.7 Å². The molecule has 0 saturated carbocycles. The molecule has 0 bridgehead atoms. The molecule has 1 amide bonds. The number of benzene rings is 2. The Morgan fingerprint density at radius 3 is 2.50 bits per heavy atom. The number of amides is 1. The molecule has 0 atom stereocenters. The molecular weight excluding hydrogens is 356 g/mol. The summed E-state index contributed by atoms with van der Waals surface area (Å²) in [5.41, 5.74) is 2.52. The lowest BCUT2D eigenvalue weighted by molar-refractivity contribution is 0.102. The van der Waals surface area contributed by atoms with E-state index < -0.39 is 0 Å². The first-order chi connectivity index (χ1) is 13.7. The van der Waals surface area contributed by atoms with Crippen LogP contribution in [0, 0.1) is 0 Å². The van der Waals surface area contributed by atoms with Crippen LogP contribution in [0.3, 0.4) is 0 Å². The zero-order chi connectivity index (χ0) is 19.3. The van der Waals surface area contributed by atoms with Gasteiger partial charge in [-0.15, -0.1) is 0 Å². The molecule has 138 valence electrons. The number of nitrogens with one attached hydrogen (secondary N) is 1. The normalized spacial score (nSPS) is 10.5. The quantitative estimate of drug-likeness (QED) is 0.568. The second-order valence-electron chi connectivity index (χ2n) is 5.89. The van der Waals surface area contributed by atoms with Crippen molar-refractivity contribution in [1.29, 1.82) is 0 Å². The number of nitrogens with zero attached hydrogens (tertiary/aromatic N) is 3. The Morgan fingerprint density at radius 2 is 1.75 bits per heavy atom. The number of carbonyl (C=O) groups excluding carboxylic acids is 1. The average Bonchev–Trinajstić information content (AvgIpc) is 3.25. The number of hydrogen-bond donors (Lipinski definition) is 1. The average molecular weight is 372 g/mol. The first-order valence-corrected chi connectivity index (χ1v) is 8.53. The number of carbonyl (C=O) groups is 1. The van der Waals surface area contributed by atoms with E-state index >= 15 is 0 Å². The highest BCUT2D eigenvalue weighted by atomic mass is 16.5. The molecule has 4 aromatic rings. The van der Waals surface area contributed by atoms with Crippen LogP contribution in [0.25, 0.3) is 22.8 Å². The molecule has 7 heteroatoms. The monoisotopic (exact) mass is 372 g/mol. The summed E-state index contributed by atoms with van der Waals surface area (Å²) in [5.74, 6) is 1.27. The molecule has 0 aliphatic carbocycles. The van der Waals surface area contributed by atoms with E-state index in [-0.39, 0.29) is 5.91 Å². The van der Waals surface area contributed by atoms with Gasteiger partial charge in [-0.3, -0.25) is 9.78 Å². The second kappa shape index (κ2) is 7.71. The van der Waals surface area contributed by atoms with Crippen LogP contribution in [-0.4, -0.2) is 28.1 Å². The van der Waals surface area contributed by atoms with Crippen LogP contribution >= 0.6 is 0 Å². The minimum atomic E-state index is -0.246. The third-order valence-electron chi connectivity index (χ3n) is 4.12. The van der Waals surface area contributed by atoms with Gasteiger partial charge in [-0.05, 0) is 48.5 Å². The van der Waals surface area contributed by atoms with Crippen molar-refractivity contribution in [1.82, 2.24) is 15.1 Å². The maximum Gasteiger partial charge on any atom is 0.260 e. The van der Waals surface area contributed by atoms with Crippen molar-refractivity contribution in [3.05, 3.63) is 78.6 Å². The van der Waals surface area contributed by atoms with Gasteiger partial charge in [0.05, 0.1) is 18.4 Å². The summed E-state index contributed by atoms with van der Waals surface area (Å²) in [4.78, 5) is 20.9. The third kappa shape index (κ3) is 3.59. The van der Waals surface area contributed by atoms with Crippen molar-refractivity contribution in [3.8, 4) is 28.6 Å². The molecule has 2 aromatic carbocycles. The summed E-state index contributed by atoms with van der Waals surface area (Å²) in [6.07, 6.45) is 3.14. The Kier molecular flexibility index (Phi) is 4.79. The van der Waals surface area contributed by atoms with Crippen LogP contribution in [0.2, 0.25) is 0 Å². The van der Waals surface area contributed by atoms with Crippen LogP contribution in [0.1, 0.15) is 10.4 Å². The molecule has 1 N–H and O–H groups in total. The van der Waals surface area contributed by atoms with Gasteiger partial charge >= 0.3 is 0 Å². The van der Waals surface area contributed by atoms with Crippen LogP contribution in [0.15, 0.2) is 77.6 Å². The van der Waals surface area contributed by atoms with Crippen LogP contribution < -0.4 is 10.1 Å². The molecule has 0 spiro atoms. The summed E-state index contributed by atoms with van der Waals surface area (Å²) in [7, 11) is 1.61. The van der Waals surface area contributed by atoms with E-state index in [0.717, 1.165) is 11.3 Å². The maximum atomic E-state index is 12.5. The zero-order valence-electron chi connectivity index (χ0n) is 15.0. The van der Waals surface area contributed by atoms with E-state index in [1.807, 2.05) is 42.5 Å². The topological polar surface area (TPSA) is 90.1 Å². The van der Waals surface area contributed by atoms with Gasteiger partial charge in [0.1, 0.15) is 5.75 Å². The van der Waals surface area contributed by atoms with Crippen molar-refractivity contribution >= 4 is 11.6 Å². The molecule has 28 heavy (non-hydrogen) atoms. The van der Waals surface area contributed by atoms with Crippen LogP contribution in [-0.2, 0) is 0 Å². The third-order valence-corrected chi connectivity index (χ3v) is 4.12. The molecular formula is C21H16N4O3. The summed E-state index contributed by atoms with van der Waals surface area (Å²) in [5, 5.41) is 6.93. The number of pyridine rings is 1. The molecule has 0 unspecified atom stereocenters. The molecule has 2 aromatic heterocycles. The Labute approximate surface area is 161 Å². The van der Waals surface area contributed by atoms with Gasteiger partial charge in [-0.1, -0.05) is 17.3 Å². The fourth-order valence-corrected chi connectivity index (χ4v) is 2.67. The lowest BCUT2D eigenvalue weighted by Gasteiger charge is -2.08. The molecule has 7 nitrogen and oxygen atoms in total. The second-order valence-corrected chi connectivity index (χ2v) is 5.89. The largest absolute Gasteiger partial charge is 0.497 e. The highest BCUT2D eigenvalue weighted by Crippen LogP contribution is 2.29. The smallest absolute Gasteiger partial charge is 0.260 e. The highest BCUT2D eigenvalue weighted by molar-refractivity contribution is 6.05. The van der Waals surface area contributed by atoms with Crippen molar-refractivity contribution in [3.63, 3.8) is 0 Å². The van der Waals surface area contributed by atoms with Crippen molar-refractivity contribution in [2.45, 2.75) is 0 Å². The van der Waals surface area contributed by atoms with Crippen molar-refractivity contribution in [2.24, 2.45) is 0 Å². The Balaban J connectivity index is 1.62. The number of anilines is 1. The van der Waals surface area contributed by atoms with E-state index in [1.165, 1.54) is 0 Å². The number of rotatable bonds is 5. The van der Waals surface area contributed by atoms with Gasteiger partial charge in [0.2, 0.25) is 5.82 Å². The Bertz CT molecular complexity index is 1090. The highest BCUT2D eigenvalue weighted by Gasteiger charge is 2.16. The van der Waals surface area contributed by atoms with E-state index in [0.29, 0.717) is 28.5 Å². The first-order valence-electron chi connectivity index (χ1n) is 8.53. The SMILES string of the molecule is COc1ccc(-c2noc(-c3ccccc3NC(=O)c3ccncc3)n2)cc1. The van der Waals surface area contributed by atoms with Crippen molar-refractivity contribution < 1.29 is 14.1 Å². The van der Waals surface area contributed by atoms with Crippen LogP contribution in [0.5, 0.6) is 5.75 Å². The van der Waals surface area contributed by atoms with Crippen molar-refractivity contribution in [2.75, 3.05) is 12.4 Å². The first kappa shape index (κ1) is 17.4. The zero-order valence-corrected chi connectivity index (χ0v) is 15.0. The molecule has 0 saturated heterocycles. The Morgan fingerprint density at radius 1 is 1.00 bits per heavy atom. The number of methoxy groups -OCH3 is 1. The fraction of sp³-hybridized carbons (Fsp3) is 0.0476. The molecule has 4 rings (SSSR count). The maximum absolute atomic E-state index is 12.5.